The molecule has 0 radical (unpaired) electrons. The zero-order valence-corrected chi connectivity index (χ0v) is 10.7. The highest BCUT2D eigenvalue weighted by atomic mass is 32.2. The van der Waals surface area contributed by atoms with Crippen LogP contribution in [-0.4, -0.2) is 13.4 Å². The zero-order valence-electron chi connectivity index (χ0n) is 9.92. The standard InChI is InChI=1S/C12H9F3N2O2S/c13-12(14,15)9-4-3-5-10(8-9)17-20(18,19)11-6-1-2-7-16-11/h1-8,17H. The summed E-state index contributed by atoms with van der Waals surface area (Å²) in [7, 11) is -4.00. The van der Waals surface area contributed by atoms with Gasteiger partial charge in [0.1, 0.15) is 0 Å². The second-order valence-electron chi connectivity index (χ2n) is 3.85. The van der Waals surface area contributed by atoms with Gasteiger partial charge in [-0.2, -0.15) is 21.6 Å². The average molecular weight is 302 g/mol. The Kier molecular flexibility index (Phi) is 3.67. The number of pyridine rings is 1. The lowest BCUT2D eigenvalue weighted by molar-refractivity contribution is -0.137. The Morgan fingerprint density at radius 3 is 2.40 bits per heavy atom. The number of aromatic nitrogens is 1. The average Bonchev–Trinajstić information content (AvgIpc) is 2.38. The molecule has 1 aromatic carbocycles. The summed E-state index contributed by atoms with van der Waals surface area (Å²) in [4.78, 5) is 3.65. The SMILES string of the molecule is O=S(=O)(Nc1cccc(C(F)(F)F)c1)c1ccccn1. The molecule has 8 heteroatoms. The highest BCUT2D eigenvalue weighted by molar-refractivity contribution is 7.92. The number of hydrogen-bond donors (Lipinski definition) is 1. The van der Waals surface area contributed by atoms with Gasteiger partial charge in [0, 0.05) is 11.9 Å². The van der Waals surface area contributed by atoms with Gasteiger partial charge in [-0.1, -0.05) is 12.1 Å². The van der Waals surface area contributed by atoms with Gasteiger partial charge in [0.05, 0.1) is 5.56 Å². The molecule has 0 unspecified atom stereocenters. The van der Waals surface area contributed by atoms with Crippen LogP contribution in [0.2, 0.25) is 0 Å². The van der Waals surface area contributed by atoms with Crippen molar-refractivity contribution in [3.63, 3.8) is 0 Å². The zero-order chi connectivity index (χ0) is 14.8. The van der Waals surface area contributed by atoms with Crippen molar-refractivity contribution in [2.45, 2.75) is 11.2 Å². The third-order valence-electron chi connectivity index (χ3n) is 2.36. The van der Waals surface area contributed by atoms with E-state index in [9.17, 15) is 21.6 Å². The summed E-state index contributed by atoms with van der Waals surface area (Å²) in [6.45, 7) is 0. The number of nitrogens with one attached hydrogen (secondary N) is 1. The molecule has 20 heavy (non-hydrogen) atoms. The lowest BCUT2D eigenvalue weighted by Crippen LogP contribution is -2.15. The molecule has 0 aliphatic carbocycles. The van der Waals surface area contributed by atoms with Crippen LogP contribution in [0.15, 0.2) is 53.7 Å². The Hall–Kier alpha value is -2.09. The predicted molar refractivity (Wildman–Crippen MR) is 66.5 cm³/mol. The van der Waals surface area contributed by atoms with Gasteiger partial charge in [-0.3, -0.25) is 4.72 Å². The fourth-order valence-corrected chi connectivity index (χ4v) is 2.47. The molecule has 0 aliphatic heterocycles. The molecule has 0 spiro atoms. The summed E-state index contributed by atoms with van der Waals surface area (Å²) in [5.74, 6) is 0. The van der Waals surface area contributed by atoms with Crippen molar-refractivity contribution in [1.82, 2.24) is 4.98 Å². The van der Waals surface area contributed by atoms with E-state index in [-0.39, 0.29) is 10.7 Å². The Labute approximate surface area is 113 Å². The molecule has 1 aromatic heterocycles. The third kappa shape index (κ3) is 3.27. The minimum atomic E-state index is -4.54. The number of anilines is 1. The van der Waals surface area contributed by atoms with Gasteiger partial charge in [-0.05, 0) is 30.3 Å². The molecule has 0 fully saturated rings. The summed E-state index contributed by atoms with van der Waals surface area (Å²) < 4.78 is 63.5. The van der Waals surface area contributed by atoms with E-state index < -0.39 is 21.8 Å². The number of sulfonamides is 1. The van der Waals surface area contributed by atoms with Crippen molar-refractivity contribution >= 4 is 15.7 Å². The van der Waals surface area contributed by atoms with Crippen LogP contribution in [-0.2, 0) is 16.2 Å². The first-order valence-corrected chi connectivity index (χ1v) is 6.88. The van der Waals surface area contributed by atoms with E-state index in [4.69, 9.17) is 0 Å². The highest BCUT2D eigenvalue weighted by Gasteiger charge is 2.30. The molecular formula is C12H9F3N2O2S. The number of benzene rings is 1. The van der Waals surface area contributed by atoms with E-state index in [1.54, 1.807) is 0 Å². The van der Waals surface area contributed by atoms with Crippen molar-refractivity contribution in [3.05, 3.63) is 54.2 Å². The smallest absolute Gasteiger partial charge is 0.278 e. The van der Waals surface area contributed by atoms with Crippen LogP contribution in [0.3, 0.4) is 0 Å². The predicted octanol–water partition coefficient (Wildman–Crippen LogP) is 2.90. The minimum absolute atomic E-state index is 0.175. The Morgan fingerprint density at radius 2 is 1.80 bits per heavy atom. The number of rotatable bonds is 3. The van der Waals surface area contributed by atoms with Crippen LogP contribution in [0.4, 0.5) is 18.9 Å². The van der Waals surface area contributed by atoms with Crippen molar-refractivity contribution in [2.24, 2.45) is 0 Å². The van der Waals surface area contributed by atoms with E-state index in [2.05, 4.69) is 9.71 Å². The van der Waals surface area contributed by atoms with Gasteiger partial charge in [0.15, 0.2) is 5.03 Å². The van der Waals surface area contributed by atoms with Crippen molar-refractivity contribution in [2.75, 3.05) is 4.72 Å². The molecule has 0 bridgehead atoms. The van der Waals surface area contributed by atoms with E-state index in [1.807, 2.05) is 0 Å². The largest absolute Gasteiger partial charge is 0.416 e. The molecule has 2 rings (SSSR count). The topological polar surface area (TPSA) is 59.1 Å². The van der Waals surface area contributed by atoms with E-state index in [0.29, 0.717) is 0 Å². The maximum absolute atomic E-state index is 12.5. The van der Waals surface area contributed by atoms with Gasteiger partial charge in [0.25, 0.3) is 10.0 Å². The maximum Gasteiger partial charge on any atom is 0.416 e. The number of nitrogens with zero attached hydrogens (tertiary/aromatic N) is 1. The van der Waals surface area contributed by atoms with Crippen molar-refractivity contribution in [1.29, 1.82) is 0 Å². The first kappa shape index (κ1) is 14.3. The van der Waals surface area contributed by atoms with Crippen molar-refractivity contribution in [3.8, 4) is 0 Å². The fourth-order valence-electron chi connectivity index (χ4n) is 1.47. The minimum Gasteiger partial charge on any atom is -0.278 e. The van der Waals surface area contributed by atoms with Gasteiger partial charge in [-0.15, -0.1) is 0 Å². The molecule has 4 nitrogen and oxygen atoms in total. The van der Waals surface area contributed by atoms with Gasteiger partial charge in [-0.25, -0.2) is 4.98 Å². The van der Waals surface area contributed by atoms with E-state index in [1.165, 1.54) is 30.5 Å². The van der Waals surface area contributed by atoms with Gasteiger partial charge < -0.3 is 0 Å². The number of alkyl halides is 3. The molecule has 106 valence electrons. The van der Waals surface area contributed by atoms with Crippen molar-refractivity contribution < 1.29 is 21.6 Å². The Balaban J connectivity index is 2.31. The van der Waals surface area contributed by atoms with Crippen LogP contribution in [0.1, 0.15) is 5.56 Å². The van der Waals surface area contributed by atoms with Crippen LogP contribution in [0, 0.1) is 0 Å². The van der Waals surface area contributed by atoms with Crippen LogP contribution >= 0.6 is 0 Å². The lowest BCUT2D eigenvalue weighted by Gasteiger charge is -2.10. The van der Waals surface area contributed by atoms with Crippen LogP contribution in [0.5, 0.6) is 0 Å². The first-order valence-electron chi connectivity index (χ1n) is 5.40. The summed E-state index contributed by atoms with van der Waals surface area (Å²) in [5.41, 5.74) is -1.11. The summed E-state index contributed by atoms with van der Waals surface area (Å²) in [6.07, 6.45) is -3.26. The Morgan fingerprint density at radius 1 is 1.05 bits per heavy atom. The number of hydrogen-bond acceptors (Lipinski definition) is 3. The lowest BCUT2D eigenvalue weighted by atomic mass is 10.2. The van der Waals surface area contributed by atoms with Gasteiger partial charge in [0.2, 0.25) is 0 Å². The first-order chi connectivity index (χ1) is 9.29. The molecule has 0 amide bonds. The molecule has 2 aromatic rings. The third-order valence-corrected chi connectivity index (χ3v) is 3.65. The van der Waals surface area contributed by atoms with E-state index >= 15 is 0 Å². The van der Waals surface area contributed by atoms with Gasteiger partial charge >= 0.3 is 6.18 Å². The fraction of sp³-hybridized carbons (Fsp3) is 0.0833. The number of halogens is 3. The highest BCUT2D eigenvalue weighted by Crippen LogP contribution is 2.31. The molecule has 1 N–H and O–H groups in total. The normalized spacial score (nSPS) is 12.2. The summed E-state index contributed by atoms with van der Waals surface area (Å²) in [6, 6.07) is 8.18. The Bertz CT molecular complexity index is 700. The van der Waals surface area contributed by atoms with E-state index in [0.717, 1.165) is 18.2 Å². The quantitative estimate of drug-likeness (QED) is 0.948. The summed E-state index contributed by atoms with van der Waals surface area (Å²) in [5, 5.41) is -0.266. The van der Waals surface area contributed by atoms with Crippen LogP contribution < -0.4 is 4.72 Å². The molecule has 0 aliphatic rings. The van der Waals surface area contributed by atoms with Crippen LogP contribution in [0.25, 0.3) is 0 Å². The molecule has 1 heterocycles. The molecular weight excluding hydrogens is 293 g/mol. The molecule has 0 saturated carbocycles. The molecule has 0 saturated heterocycles. The monoisotopic (exact) mass is 302 g/mol. The second-order valence-corrected chi connectivity index (χ2v) is 5.48. The molecule has 0 atom stereocenters. The maximum atomic E-state index is 12.5. The second kappa shape index (κ2) is 5.12. The summed E-state index contributed by atoms with van der Waals surface area (Å²) >= 11 is 0.